The van der Waals surface area contributed by atoms with Crippen molar-refractivity contribution < 1.29 is 9.59 Å². The van der Waals surface area contributed by atoms with Gasteiger partial charge in [0.15, 0.2) is 0 Å². The smallest absolute Gasteiger partial charge is 0.232 e. The topological polar surface area (TPSA) is 63.4 Å². The number of rotatable bonds is 2. The zero-order valence-electron chi connectivity index (χ0n) is 8.28. The van der Waals surface area contributed by atoms with Gasteiger partial charge in [-0.25, -0.2) is 0 Å². The van der Waals surface area contributed by atoms with Crippen molar-refractivity contribution in [1.82, 2.24) is 4.90 Å². The van der Waals surface area contributed by atoms with E-state index in [1.807, 2.05) is 0 Å². The van der Waals surface area contributed by atoms with Gasteiger partial charge < -0.3 is 5.73 Å². The predicted molar refractivity (Wildman–Crippen MR) is 48.7 cm³/mol. The Hall–Kier alpha value is -0.900. The highest BCUT2D eigenvalue weighted by molar-refractivity contribution is 6.04. The molecule has 1 aliphatic heterocycles. The summed E-state index contributed by atoms with van der Waals surface area (Å²) in [6.45, 7) is 5.69. The van der Waals surface area contributed by atoms with Crippen molar-refractivity contribution in [2.24, 2.45) is 17.6 Å². The Kier molecular flexibility index (Phi) is 2.71. The lowest BCUT2D eigenvalue weighted by Gasteiger charge is -2.16. The van der Waals surface area contributed by atoms with Gasteiger partial charge in [-0.05, 0) is 6.92 Å². The minimum absolute atomic E-state index is 0.0881. The Balaban J connectivity index is 2.76. The summed E-state index contributed by atoms with van der Waals surface area (Å²) in [4.78, 5) is 24.3. The Bertz CT molecular complexity index is 218. The molecule has 0 saturated carbocycles. The van der Waals surface area contributed by atoms with E-state index in [-0.39, 0.29) is 29.7 Å². The monoisotopic (exact) mass is 184 g/mol. The summed E-state index contributed by atoms with van der Waals surface area (Å²) >= 11 is 0. The average Bonchev–Trinajstić information content (AvgIpc) is 2.22. The van der Waals surface area contributed by atoms with Crippen molar-refractivity contribution in [2.45, 2.75) is 26.8 Å². The standard InChI is InChI=1S/C9H16N2O2/c1-5(10)4-11-8(12)6(2)7(3)9(11)13/h5-7H,4,10H2,1-3H3. The largest absolute Gasteiger partial charge is 0.326 e. The first kappa shape index (κ1) is 10.2. The first-order chi connectivity index (χ1) is 5.95. The van der Waals surface area contributed by atoms with Crippen LogP contribution in [-0.2, 0) is 9.59 Å². The fourth-order valence-electron chi connectivity index (χ4n) is 1.50. The van der Waals surface area contributed by atoms with Crippen LogP contribution in [0.15, 0.2) is 0 Å². The molecule has 1 fully saturated rings. The van der Waals surface area contributed by atoms with Crippen LogP contribution in [0.1, 0.15) is 20.8 Å². The van der Waals surface area contributed by atoms with Gasteiger partial charge in [-0.3, -0.25) is 14.5 Å². The molecule has 0 radical (unpaired) electrons. The van der Waals surface area contributed by atoms with Crippen molar-refractivity contribution in [1.29, 1.82) is 0 Å². The summed E-state index contributed by atoms with van der Waals surface area (Å²) < 4.78 is 0. The summed E-state index contributed by atoms with van der Waals surface area (Å²) in [6, 6.07) is -0.148. The Labute approximate surface area is 78.1 Å². The molecule has 4 heteroatoms. The van der Waals surface area contributed by atoms with Crippen LogP contribution in [0, 0.1) is 11.8 Å². The van der Waals surface area contributed by atoms with Crippen molar-refractivity contribution >= 4 is 11.8 Å². The normalized spacial score (nSPS) is 31.2. The van der Waals surface area contributed by atoms with E-state index in [2.05, 4.69) is 0 Å². The lowest BCUT2D eigenvalue weighted by molar-refractivity contribution is -0.140. The van der Waals surface area contributed by atoms with Gasteiger partial charge in [-0.2, -0.15) is 0 Å². The van der Waals surface area contributed by atoms with Crippen LogP contribution in [0.2, 0.25) is 0 Å². The van der Waals surface area contributed by atoms with Crippen LogP contribution in [0.3, 0.4) is 0 Å². The number of carbonyl (C=O) groups is 2. The van der Waals surface area contributed by atoms with Gasteiger partial charge in [-0.1, -0.05) is 13.8 Å². The highest BCUT2D eigenvalue weighted by Gasteiger charge is 2.42. The number of imide groups is 1. The molecule has 0 aromatic carbocycles. The Morgan fingerprint density at radius 1 is 1.31 bits per heavy atom. The van der Waals surface area contributed by atoms with Crippen LogP contribution >= 0.6 is 0 Å². The van der Waals surface area contributed by atoms with Gasteiger partial charge in [0.2, 0.25) is 11.8 Å². The van der Waals surface area contributed by atoms with Gasteiger partial charge in [0, 0.05) is 24.4 Å². The number of likely N-dealkylation sites (tertiary alicyclic amines) is 1. The van der Waals surface area contributed by atoms with Gasteiger partial charge in [0.25, 0.3) is 0 Å². The SMILES string of the molecule is CC(N)CN1C(=O)C(C)C(C)C1=O. The summed E-state index contributed by atoms with van der Waals surface area (Å²) in [5.41, 5.74) is 5.54. The summed E-state index contributed by atoms with van der Waals surface area (Å²) in [5, 5.41) is 0. The average molecular weight is 184 g/mol. The molecule has 0 bridgehead atoms. The molecule has 0 aliphatic carbocycles. The molecule has 3 atom stereocenters. The number of hydrogen-bond donors (Lipinski definition) is 1. The highest BCUT2D eigenvalue weighted by atomic mass is 16.2. The molecule has 74 valence electrons. The molecule has 4 nitrogen and oxygen atoms in total. The lowest BCUT2D eigenvalue weighted by Crippen LogP contribution is -2.39. The second-order valence-electron chi connectivity index (χ2n) is 3.84. The third-order valence-corrected chi connectivity index (χ3v) is 2.53. The van der Waals surface area contributed by atoms with E-state index in [0.29, 0.717) is 6.54 Å². The van der Waals surface area contributed by atoms with Crippen LogP contribution in [0.4, 0.5) is 0 Å². The molecule has 0 spiro atoms. The maximum absolute atomic E-state index is 11.5. The summed E-state index contributed by atoms with van der Waals surface area (Å²) in [6.07, 6.45) is 0. The summed E-state index contributed by atoms with van der Waals surface area (Å²) in [5.74, 6) is -0.554. The third-order valence-electron chi connectivity index (χ3n) is 2.53. The minimum Gasteiger partial charge on any atom is -0.326 e. The zero-order chi connectivity index (χ0) is 10.2. The van der Waals surface area contributed by atoms with Gasteiger partial charge in [0.05, 0.1) is 0 Å². The molecular weight excluding hydrogens is 168 g/mol. The molecule has 1 rings (SSSR count). The molecule has 2 amide bonds. The van der Waals surface area contributed by atoms with E-state index in [0.717, 1.165) is 0 Å². The lowest BCUT2D eigenvalue weighted by atomic mass is 10.00. The third kappa shape index (κ3) is 1.72. The number of amides is 2. The van der Waals surface area contributed by atoms with E-state index in [1.165, 1.54) is 4.90 Å². The fourth-order valence-corrected chi connectivity index (χ4v) is 1.50. The maximum Gasteiger partial charge on any atom is 0.232 e. The highest BCUT2D eigenvalue weighted by Crippen LogP contribution is 2.24. The number of nitrogens with zero attached hydrogens (tertiary/aromatic N) is 1. The second-order valence-corrected chi connectivity index (χ2v) is 3.84. The molecule has 0 aromatic rings. The van der Waals surface area contributed by atoms with Gasteiger partial charge in [0.1, 0.15) is 0 Å². The number of nitrogens with two attached hydrogens (primary N) is 1. The van der Waals surface area contributed by atoms with E-state index < -0.39 is 0 Å². The Morgan fingerprint density at radius 2 is 1.69 bits per heavy atom. The first-order valence-electron chi connectivity index (χ1n) is 4.56. The van der Waals surface area contributed by atoms with E-state index in [9.17, 15) is 9.59 Å². The molecule has 1 aliphatic rings. The van der Waals surface area contributed by atoms with E-state index in [1.54, 1.807) is 20.8 Å². The molecular formula is C9H16N2O2. The minimum atomic E-state index is -0.189. The number of hydrogen-bond acceptors (Lipinski definition) is 3. The van der Waals surface area contributed by atoms with E-state index >= 15 is 0 Å². The van der Waals surface area contributed by atoms with Crippen molar-refractivity contribution in [3.63, 3.8) is 0 Å². The quantitative estimate of drug-likeness (QED) is 0.613. The van der Waals surface area contributed by atoms with Crippen LogP contribution in [0.25, 0.3) is 0 Å². The van der Waals surface area contributed by atoms with Gasteiger partial charge in [-0.15, -0.1) is 0 Å². The van der Waals surface area contributed by atoms with Crippen LogP contribution in [0.5, 0.6) is 0 Å². The number of carbonyl (C=O) groups excluding carboxylic acids is 2. The molecule has 1 heterocycles. The maximum atomic E-state index is 11.5. The van der Waals surface area contributed by atoms with Crippen LogP contribution in [-0.4, -0.2) is 29.3 Å². The molecule has 3 unspecified atom stereocenters. The first-order valence-corrected chi connectivity index (χ1v) is 4.56. The molecule has 13 heavy (non-hydrogen) atoms. The fraction of sp³-hybridized carbons (Fsp3) is 0.778. The summed E-state index contributed by atoms with van der Waals surface area (Å²) in [7, 11) is 0. The predicted octanol–water partition coefficient (Wildman–Crippen LogP) is -0.0254. The molecule has 1 saturated heterocycles. The molecule has 0 aromatic heterocycles. The van der Waals surface area contributed by atoms with Crippen molar-refractivity contribution in [2.75, 3.05) is 6.54 Å². The second kappa shape index (κ2) is 3.46. The van der Waals surface area contributed by atoms with Crippen LogP contribution < -0.4 is 5.73 Å². The van der Waals surface area contributed by atoms with Crippen molar-refractivity contribution in [3.8, 4) is 0 Å². The Morgan fingerprint density at radius 3 is 2.00 bits per heavy atom. The zero-order valence-corrected chi connectivity index (χ0v) is 8.28. The van der Waals surface area contributed by atoms with Crippen molar-refractivity contribution in [3.05, 3.63) is 0 Å². The molecule has 2 N–H and O–H groups in total. The van der Waals surface area contributed by atoms with Gasteiger partial charge >= 0.3 is 0 Å². The van der Waals surface area contributed by atoms with E-state index in [4.69, 9.17) is 5.73 Å².